The lowest BCUT2D eigenvalue weighted by Crippen LogP contribution is -2.15. The second-order valence-corrected chi connectivity index (χ2v) is 5.15. The zero-order chi connectivity index (χ0) is 11.4. The third-order valence-electron chi connectivity index (χ3n) is 3.87. The van der Waals surface area contributed by atoms with Gasteiger partial charge in [-0.2, -0.15) is 0 Å². The van der Waals surface area contributed by atoms with Crippen LogP contribution >= 0.6 is 0 Å². The lowest BCUT2D eigenvalue weighted by Gasteiger charge is -2.29. The van der Waals surface area contributed by atoms with Gasteiger partial charge in [0.1, 0.15) is 0 Å². The summed E-state index contributed by atoms with van der Waals surface area (Å²) in [6, 6.07) is 8.98. The number of rotatable bonds is 3. The van der Waals surface area contributed by atoms with Crippen LogP contribution in [-0.2, 0) is 0 Å². The lowest BCUT2D eigenvalue weighted by atomic mass is 9.77. The van der Waals surface area contributed by atoms with Gasteiger partial charge in [-0.15, -0.1) is 0 Å². The van der Waals surface area contributed by atoms with E-state index < -0.39 is 0 Å². The Balaban J connectivity index is 2.01. The number of aliphatic hydroxyl groups is 1. The predicted octanol–water partition coefficient (Wildman–Crippen LogP) is 3.65. The first-order valence-electron chi connectivity index (χ1n) is 6.47. The van der Waals surface area contributed by atoms with Crippen molar-refractivity contribution in [3.05, 3.63) is 35.4 Å². The molecule has 1 aliphatic carbocycles. The van der Waals surface area contributed by atoms with Crippen molar-refractivity contribution in [2.24, 2.45) is 5.92 Å². The topological polar surface area (TPSA) is 20.2 Å². The molecule has 1 nitrogen and oxygen atoms in total. The van der Waals surface area contributed by atoms with E-state index in [2.05, 4.69) is 31.2 Å². The van der Waals surface area contributed by atoms with Gasteiger partial charge in [0.05, 0.1) is 0 Å². The molecule has 16 heavy (non-hydrogen) atoms. The maximum absolute atomic E-state index is 9.01. The summed E-state index contributed by atoms with van der Waals surface area (Å²) in [6.07, 6.45) is 6.21. The molecule has 1 aromatic carbocycles. The molecule has 0 aliphatic heterocycles. The molecule has 1 heteroatoms. The van der Waals surface area contributed by atoms with Gasteiger partial charge >= 0.3 is 0 Å². The Hall–Kier alpha value is -0.820. The summed E-state index contributed by atoms with van der Waals surface area (Å²) in [4.78, 5) is 0. The maximum Gasteiger partial charge on any atom is 0.0433 e. The zero-order valence-electron chi connectivity index (χ0n) is 10.2. The fraction of sp³-hybridized carbons (Fsp3) is 0.600. The molecule has 0 spiro atoms. The van der Waals surface area contributed by atoms with Crippen molar-refractivity contribution < 1.29 is 5.11 Å². The molecule has 2 atom stereocenters. The fourth-order valence-electron chi connectivity index (χ4n) is 2.88. The molecule has 0 aromatic heterocycles. The summed E-state index contributed by atoms with van der Waals surface area (Å²) in [5.74, 6) is 1.47. The fourth-order valence-corrected chi connectivity index (χ4v) is 2.88. The number of benzene rings is 1. The van der Waals surface area contributed by atoms with E-state index in [-0.39, 0.29) is 0 Å². The first-order chi connectivity index (χ1) is 7.79. The molecule has 1 saturated carbocycles. The summed E-state index contributed by atoms with van der Waals surface area (Å²) in [5.41, 5.74) is 2.83. The third-order valence-corrected chi connectivity index (χ3v) is 3.87. The molecule has 1 aliphatic rings. The van der Waals surface area contributed by atoms with Crippen molar-refractivity contribution in [3.8, 4) is 0 Å². The van der Waals surface area contributed by atoms with Crippen LogP contribution in [-0.4, -0.2) is 11.7 Å². The van der Waals surface area contributed by atoms with Gasteiger partial charge in [0, 0.05) is 6.61 Å². The molecular formula is C15H22O. The van der Waals surface area contributed by atoms with Crippen LogP contribution in [0.15, 0.2) is 24.3 Å². The van der Waals surface area contributed by atoms with Crippen LogP contribution in [0.1, 0.15) is 49.1 Å². The van der Waals surface area contributed by atoms with Crippen LogP contribution in [0.25, 0.3) is 0 Å². The van der Waals surface area contributed by atoms with Crippen molar-refractivity contribution in [1.82, 2.24) is 0 Å². The van der Waals surface area contributed by atoms with Gasteiger partial charge in [0.25, 0.3) is 0 Å². The highest BCUT2D eigenvalue weighted by Gasteiger charge is 2.22. The van der Waals surface area contributed by atoms with Gasteiger partial charge in [-0.1, -0.05) is 42.7 Å². The van der Waals surface area contributed by atoms with Crippen LogP contribution in [0.4, 0.5) is 0 Å². The number of aryl methyl sites for hydroxylation is 1. The minimum atomic E-state index is 0.352. The minimum Gasteiger partial charge on any atom is -0.396 e. The number of aliphatic hydroxyl groups excluding tert-OH is 1. The zero-order valence-corrected chi connectivity index (χ0v) is 10.2. The highest BCUT2D eigenvalue weighted by atomic mass is 16.3. The first-order valence-corrected chi connectivity index (χ1v) is 6.47. The molecular weight excluding hydrogens is 196 g/mol. The minimum absolute atomic E-state index is 0.352. The van der Waals surface area contributed by atoms with E-state index in [0.29, 0.717) is 6.61 Å². The second-order valence-electron chi connectivity index (χ2n) is 5.15. The van der Waals surface area contributed by atoms with Crippen molar-refractivity contribution >= 4 is 0 Å². The smallest absolute Gasteiger partial charge is 0.0433 e. The van der Waals surface area contributed by atoms with Gasteiger partial charge in [0.2, 0.25) is 0 Å². The van der Waals surface area contributed by atoms with Crippen molar-refractivity contribution in [2.45, 2.75) is 44.9 Å². The molecule has 0 bridgehead atoms. The summed E-state index contributed by atoms with van der Waals surface area (Å²) in [7, 11) is 0. The van der Waals surface area contributed by atoms with Gasteiger partial charge in [-0.3, -0.25) is 0 Å². The van der Waals surface area contributed by atoms with Gasteiger partial charge in [-0.25, -0.2) is 0 Å². The summed E-state index contributed by atoms with van der Waals surface area (Å²) < 4.78 is 0. The van der Waals surface area contributed by atoms with Gasteiger partial charge < -0.3 is 5.11 Å². The molecule has 88 valence electrons. The largest absolute Gasteiger partial charge is 0.396 e. The second kappa shape index (κ2) is 5.49. The molecule has 0 saturated heterocycles. The van der Waals surface area contributed by atoms with Crippen LogP contribution in [0.5, 0.6) is 0 Å². The Labute approximate surface area is 98.5 Å². The molecule has 1 aromatic rings. The molecule has 0 heterocycles. The molecule has 2 rings (SSSR count). The average Bonchev–Trinajstić information content (AvgIpc) is 2.31. The highest BCUT2D eigenvalue weighted by Crippen LogP contribution is 2.37. The third kappa shape index (κ3) is 2.85. The summed E-state index contributed by atoms with van der Waals surface area (Å²) in [6.45, 7) is 2.49. The summed E-state index contributed by atoms with van der Waals surface area (Å²) in [5, 5.41) is 9.01. The monoisotopic (exact) mass is 218 g/mol. The molecule has 2 unspecified atom stereocenters. The molecule has 0 radical (unpaired) electrons. The van der Waals surface area contributed by atoms with Gasteiger partial charge in [-0.05, 0) is 43.6 Å². The van der Waals surface area contributed by atoms with Crippen LogP contribution in [0.2, 0.25) is 0 Å². The average molecular weight is 218 g/mol. The SMILES string of the molecule is Cc1ccc(C2CCCC(CCO)C2)cc1. The van der Waals surface area contributed by atoms with E-state index in [1.165, 1.54) is 36.8 Å². The Bertz CT molecular complexity index is 313. The van der Waals surface area contributed by atoms with Crippen molar-refractivity contribution in [2.75, 3.05) is 6.61 Å². The summed E-state index contributed by atoms with van der Waals surface area (Å²) >= 11 is 0. The highest BCUT2D eigenvalue weighted by molar-refractivity contribution is 5.24. The van der Waals surface area contributed by atoms with Gasteiger partial charge in [0.15, 0.2) is 0 Å². The van der Waals surface area contributed by atoms with E-state index in [1.54, 1.807) is 0 Å². The Kier molecular flexibility index (Phi) is 4.00. The normalized spacial score (nSPS) is 25.6. The first kappa shape index (κ1) is 11.7. The van der Waals surface area contributed by atoms with Crippen LogP contribution < -0.4 is 0 Å². The van der Waals surface area contributed by atoms with Crippen molar-refractivity contribution in [3.63, 3.8) is 0 Å². The number of hydrogen-bond donors (Lipinski definition) is 1. The van der Waals surface area contributed by atoms with Crippen molar-refractivity contribution in [1.29, 1.82) is 0 Å². The van der Waals surface area contributed by atoms with E-state index in [4.69, 9.17) is 5.11 Å². The van der Waals surface area contributed by atoms with E-state index in [0.717, 1.165) is 18.3 Å². The predicted molar refractivity (Wildman–Crippen MR) is 67.6 cm³/mol. The van der Waals surface area contributed by atoms with E-state index >= 15 is 0 Å². The van der Waals surface area contributed by atoms with Crippen LogP contribution in [0, 0.1) is 12.8 Å². The van der Waals surface area contributed by atoms with E-state index in [1.807, 2.05) is 0 Å². The standard InChI is InChI=1S/C15H22O/c1-12-5-7-14(8-6-12)15-4-2-3-13(11-15)9-10-16/h5-8,13,15-16H,2-4,9-11H2,1H3. The Morgan fingerprint density at radius 2 is 1.94 bits per heavy atom. The number of hydrogen-bond acceptors (Lipinski definition) is 1. The Morgan fingerprint density at radius 1 is 1.19 bits per heavy atom. The van der Waals surface area contributed by atoms with E-state index in [9.17, 15) is 0 Å². The lowest BCUT2D eigenvalue weighted by molar-refractivity contribution is 0.220. The molecule has 1 fully saturated rings. The molecule has 0 amide bonds. The maximum atomic E-state index is 9.01. The molecule has 1 N–H and O–H groups in total. The van der Waals surface area contributed by atoms with Crippen LogP contribution in [0.3, 0.4) is 0 Å². The Morgan fingerprint density at radius 3 is 2.62 bits per heavy atom. The quantitative estimate of drug-likeness (QED) is 0.821.